The predicted molar refractivity (Wildman–Crippen MR) is 100 cm³/mol. The molecular weight excluding hydrogens is 347 g/mol. The quantitative estimate of drug-likeness (QED) is 0.888. The zero-order valence-corrected chi connectivity index (χ0v) is 15.3. The van der Waals surface area contributed by atoms with Crippen LogP contribution in [0.5, 0.6) is 0 Å². The van der Waals surface area contributed by atoms with E-state index in [4.69, 9.17) is 0 Å². The van der Waals surface area contributed by atoms with Crippen LogP contribution in [0.4, 0.5) is 14.9 Å². The number of fused-ring (bicyclic) bond motifs is 1. The van der Waals surface area contributed by atoms with Gasteiger partial charge in [-0.1, -0.05) is 12.1 Å². The van der Waals surface area contributed by atoms with Crippen LogP contribution in [0, 0.1) is 19.7 Å². The van der Waals surface area contributed by atoms with E-state index in [2.05, 4.69) is 20.3 Å². The summed E-state index contributed by atoms with van der Waals surface area (Å²) in [6.45, 7) is 4.24. The lowest BCUT2D eigenvalue weighted by Crippen LogP contribution is -2.61. The van der Waals surface area contributed by atoms with E-state index in [-0.39, 0.29) is 17.9 Å². The van der Waals surface area contributed by atoms with Crippen LogP contribution in [0.3, 0.4) is 0 Å². The molecular formula is C19H19FN6O. The van der Waals surface area contributed by atoms with Crippen LogP contribution in [-0.2, 0) is 0 Å². The lowest BCUT2D eigenvalue weighted by atomic mass is 10.1. The number of aryl methyl sites for hydroxylation is 2. The Labute approximate surface area is 156 Å². The highest BCUT2D eigenvalue weighted by molar-refractivity contribution is 6.16. The Bertz CT molecular complexity index is 969. The van der Waals surface area contributed by atoms with Crippen molar-refractivity contribution >= 4 is 23.6 Å². The van der Waals surface area contributed by atoms with E-state index < -0.39 is 0 Å². The Hall–Kier alpha value is -3.29. The van der Waals surface area contributed by atoms with Crippen molar-refractivity contribution in [3.63, 3.8) is 0 Å². The van der Waals surface area contributed by atoms with Crippen LogP contribution in [0.25, 0.3) is 0 Å². The fourth-order valence-corrected chi connectivity index (χ4v) is 3.24. The molecule has 2 aliphatic heterocycles. The van der Waals surface area contributed by atoms with Crippen molar-refractivity contribution in [1.82, 2.24) is 20.1 Å². The van der Waals surface area contributed by atoms with Gasteiger partial charge in [-0.25, -0.2) is 19.2 Å². The fraction of sp³-hybridized carbons (Fsp3) is 0.263. The molecule has 0 radical (unpaired) electrons. The normalized spacial score (nSPS) is 20.6. The number of nitrogens with one attached hydrogen (secondary N) is 1. The minimum atomic E-state index is -0.304. The number of hydrogen-bond donors (Lipinski definition) is 1. The monoisotopic (exact) mass is 366 g/mol. The smallest absolute Gasteiger partial charge is 0.277 e. The molecule has 1 aromatic heterocycles. The molecule has 1 unspecified atom stereocenters. The van der Waals surface area contributed by atoms with Crippen LogP contribution in [0.2, 0.25) is 0 Å². The van der Waals surface area contributed by atoms with Crippen LogP contribution in [0.1, 0.15) is 23.0 Å². The lowest BCUT2D eigenvalue weighted by Gasteiger charge is -2.36. The first-order valence-corrected chi connectivity index (χ1v) is 8.61. The van der Waals surface area contributed by atoms with Crippen LogP contribution in [0.15, 0.2) is 46.4 Å². The second kappa shape index (κ2) is 6.46. The second-order valence-electron chi connectivity index (χ2n) is 6.56. The average molecular weight is 366 g/mol. The van der Waals surface area contributed by atoms with E-state index in [1.165, 1.54) is 17.0 Å². The van der Waals surface area contributed by atoms with Crippen molar-refractivity contribution in [2.75, 3.05) is 13.6 Å². The molecule has 138 valence electrons. The van der Waals surface area contributed by atoms with Gasteiger partial charge in [0.1, 0.15) is 5.82 Å². The molecule has 2 aliphatic rings. The minimum absolute atomic E-state index is 0.180. The second-order valence-corrected chi connectivity index (χ2v) is 6.56. The van der Waals surface area contributed by atoms with Crippen LogP contribution < -0.4 is 5.32 Å². The van der Waals surface area contributed by atoms with E-state index in [1.54, 1.807) is 19.2 Å². The van der Waals surface area contributed by atoms with Gasteiger partial charge in [-0.05, 0) is 43.7 Å². The SMILES string of the molecule is Cc1ccc(N=C2NC(=O)N(C)C3=NCC(c4ccc(F)cc4)N23)c(C)n1. The summed E-state index contributed by atoms with van der Waals surface area (Å²) in [5.41, 5.74) is 3.24. The summed E-state index contributed by atoms with van der Waals surface area (Å²) < 4.78 is 13.3. The van der Waals surface area contributed by atoms with Gasteiger partial charge < -0.3 is 0 Å². The number of hydrogen-bond acceptors (Lipinski definition) is 4. The van der Waals surface area contributed by atoms with Crippen molar-refractivity contribution in [3.05, 3.63) is 59.2 Å². The van der Waals surface area contributed by atoms with Gasteiger partial charge in [0.25, 0.3) is 0 Å². The maximum atomic E-state index is 13.3. The van der Waals surface area contributed by atoms with Gasteiger partial charge in [-0.2, -0.15) is 0 Å². The molecule has 8 heteroatoms. The zero-order chi connectivity index (χ0) is 19.1. The first-order chi connectivity index (χ1) is 12.9. The van der Waals surface area contributed by atoms with Crippen LogP contribution >= 0.6 is 0 Å². The van der Waals surface area contributed by atoms with E-state index in [1.807, 2.05) is 30.9 Å². The van der Waals surface area contributed by atoms with Crippen molar-refractivity contribution in [1.29, 1.82) is 0 Å². The zero-order valence-electron chi connectivity index (χ0n) is 15.3. The summed E-state index contributed by atoms with van der Waals surface area (Å²) in [6.07, 6.45) is 0. The number of aromatic nitrogens is 1. The molecule has 2 amide bonds. The third-order valence-electron chi connectivity index (χ3n) is 4.66. The van der Waals surface area contributed by atoms with Gasteiger partial charge in [0, 0.05) is 12.7 Å². The molecule has 0 aliphatic carbocycles. The molecule has 7 nitrogen and oxygen atoms in total. The molecule has 0 bridgehead atoms. The van der Waals surface area contributed by atoms with Gasteiger partial charge in [-0.15, -0.1) is 0 Å². The van der Waals surface area contributed by atoms with Gasteiger partial charge in [-0.3, -0.25) is 20.1 Å². The molecule has 1 fully saturated rings. The maximum Gasteiger partial charge on any atom is 0.330 e. The number of aliphatic imine (C=N–C) groups is 2. The van der Waals surface area contributed by atoms with E-state index in [0.717, 1.165) is 17.0 Å². The number of amides is 2. The Balaban J connectivity index is 1.77. The summed E-state index contributed by atoms with van der Waals surface area (Å²) in [4.78, 5) is 29.2. The Morgan fingerprint density at radius 3 is 2.63 bits per heavy atom. The molecule has 4 rings (SSSR count). The summed E-state index contributed by atoms with van der Waals surface area (Å²) in [5, 5.41) is 2.82. The molecule has 27 heavy (non-hydrogen) atoms. The number of halogens is 1. The number of nitrogens with zero attached hydrogens (tertiary/aromatic N) is 5. The number of pyridine rings is 1. The van der Waals surface area contributed by atoms with Gasteiger partial charge in [0.2, 0.25) is 11.9 Å². The average Bonchev–Trinajstić information content (AvgIpc) is 3.08. The highest BCUT2D eigenvalue weighted by Gasteiger charge is 2.41. The fourth-order valence-electron chi connectivity index (χ4n) is 3.24. The van der Waals surface area contributed by atoms with Crippen molar-refractivity contribution < 1.29 is 9.18 Å². The van der Waals surface area contributed by atoms with E-state index >= 15 is 0 Å². The standard InChI is InChI=1S/C19H19FN6O/c1-11-4-9-15(12(2)22-11)23-17-24-19(27)25(3)18-21-10-16(26(17)18)13-5-7-14(20)8-6-13/h4-9,16H,10H2,1-3H3,(H,23,24,27). The first-order valence-electron chi connectivity index (χ1n) is 8.61. The molecule has 1 saturated heterocycles. The molecule has 3 heterocycles. The van der Waals surface area contributed by atoms with Gasteiger partial charge in [0.15, 0.2) is 0 Å². The topological polar surface area (TPSA) is 73.2 Å². The Kier molecular flexibility index (Phi) is 4.10. The van der Waals surface area contributed by atoms with E-state index in [0.29, 0.717) is 24.2 Å². The van der Waals surface area contributed by atoms with E-state index in [9.17, 15) is 9.18 Å². The highest BCUT2D eigenvalue weighted by Crippen LogP contribution is 2.30. The van der Waals surface area contributed by atoms with Crippen molar-refractivity contribution in [2.45, 2.75) is 19.9 Å². The number of guanidine groups is 2. The molecule has 0 spiro atoms. The molecule has 1 N–H and O–H groups in total. The predicted octanol–water partition coefficient (Wildman–Crippen LogP) is 2.89. The summed E-state index contributed by atoms with van der Waals surface area (Å²) in [7, 11) is 1.66. The lowest BCUT2D eigenvalue weighted by molar-refractivity contribution is 0.222. The number of carbonyl (C=O) groups is 1. The largest absolute Gasteiger partial charge is 0.330 e. The number of benzene rings is 1. The van der Waals surface area contributed by atoms with Crippen molar-refractivity contribution in [3.8, 4) is 0 Å². The third-order valence-corrected chi connectivity index (χ3v) is 4.66. The highest BCUT2D eigenvalue weighted by atomic mass is 19.1. The molecule has 1 atom stereocenters. The summed E-state index contributed by atoms with van der Waals surface area (Å²) in [6, 6.07) is 9.56. The first kappa shape index (κ1) is 17.1. The summed E-state index contributed by atoms with van der Waals surface area (Å²) >= 11 is 0. The Morgan fingerprint density at radius 1 is 1.19 bits per heavy atom. The van der Waals surface area contributed by atoms with Crippen molar-refractivity contribution in [2.24, 2.45) is 9.98 Å². The number of carbonyl (C=O) groups excluding carboxylic acids is 1. The number of urea groups is 1. The summed E-state index contributed by atoms with van der Waals surface area (Å²) in [5.74, 6) is 0.610. The Morgan fingerprint density at radius 2 is 1.93 bits per heavy atom. The van der Waals surface area contributed by atoms with Gasteiger partial charge >= 0.3 is 6.03 Å². The maximum absolute atomic E-state index is 13.3. The van der Waals surface area contributed by atoms with Gasteiger partial charge in [0.05, 0.1) is 24.0 Å². The number of rotatable bonds is 2. The molecule has 0 saturated carbocycles. The third kappa shape index (κ3) is 3.03. The van der Waals surface area contributed by atoms with Crippen LogP contribution in [-0.4, -0.2) is 46.3 Å². The molecule has 2 aromatic rings. The minimum Gasteiger partial charge on any atom is -0.277 e. The molecule has 1 aromatic carbocycles.